The second-order valence-electron chi connectivity index (χ2n) is 7.27. The van der Waals surface area contributed by atoms with Gasteiger partial charge in [-0.25, -0.2) is 0 Å². The lowest BCUT2D eigenvalue weighted by Gasteiger charge is -2.16. The van der Waals surface area contributed by atoms with Crippen LogP contribution in [0.25, 0.3) is 0 Å². The molecule has 1 heterocycles. The third kappa shape index (κ3) is 3.94. The molecular formula is C19H23ClN4O2S. The summed E-state index contributed by atoms with van der Waals surface area (Å²) in [7, 11) is 1.56. The maximum Gasteiger partial charge on any atom is 0.237 e. The Labute approximate surface area is 168 Å². The van der Waals surface area contributed by atoms with E-state index in [2.05, 4.69) is 20.1 Å². The second kappa shape index (κ2) is 7.36. The molecule has 2 aliphatic carbocycles. The zero-order chi connectivity index (χ0) is 19.1. The van der Waals surface area contributed by atoms with Gasteiger partial charge in [0.1, 0.15) is 11.6 Å². The molecule has 2 saturated carbocycles. The van der Waals surface area contributed by atoms with Crippen molar-refractivity contribution in [2.45, 2.75) is 61.9 Å². The number of carbonyl (C=O) groups excluding carboxylic acids is 1. The van der Waals surface area contributed by atoms with Gasteiger partial charge in [-0.2, -0.15) is 0 Å². The third-order valence-electron chi connectivity index (χ3n) is 4.94. The average Bonchev–Trinajstić information content (AvgIpc) is 3.56. The first-order chi connectivity index (χ1) is 13.0. The van der Waals surface area contributed by atoms with E-state index < -0.39 is 0 Å². The van der Waals surface area contributed by atoms with E-state index in [0.29, 0.717) is 28.4 Å². The van der Waals surface area contributed by atoms with Crippen LogP contribution in [0.2, 0.25) is 5.02 Å². The van der Waals surface area contributed by atoms with Gasteiger partial charge in [-0.05, 0) is 51.2 Å². The van der Waals surface area contributed by atoms with Gasteiger partial charge in [0.05, 0.1) is 18.0 Å². The van der Waals surface area contributed by atoms with E-state index in [-0.39, 0.29) is 11.2 Å². The van der Waals surface area contributed by atoms with Gasteiger partial charge in [-0.15, -0.1) is 10.2 Å². The summed E-state index contributed by atoms with van der Waals surface area (Å²) in [6.07, 6.45) is 4.74. The largest absolute Gasteiger partial charge is 0.495 e. The molecule has 2 aromatic rings. The molecular weight excluding hydrogens is 384 g/mol. The molecule has 2 aliphatic rings. The number of methoxy groups -OCH3 is 1. The van der Waals surface area contributed by atoms with Gasteiger partial charge in [-0.3, -0.25) is 4.79 Å². The number of hydrogen-bond acceptors (Lipinski definition) is 5. The number of rotatable bonds is 7. The summed E-state index contributed by atoms with van der Waals surface area (Å²) < 4.78 is 7.61. The predicted octanol–water partition coefficient (Wildman–Crippen LogP) is 4.58. The van der Waals surface area contributed by atoms with Crippen LogP contribution in [0.3, 0.4) is 0 Å². The Kier molecular flexibility index (Phi) is 5.07. The smallest absolute Gasteiger partial charge is 0.237 e. The average molecular weight is 407 g/mol. The van der Waals surface area contributed by atoms with Crippen LogP contribution in [0, 0.1) is 6.92 Å². The third-order valence-corrected chi connectivity index (χ3v) is 6.40. The van der Waals surface area contributed by atoms with Crippen LogP contribution in [-0.4, -0.2) is 33.0 Å². The van der Waals surface area contributed by atoms with Crippen LogP contribution in [0.1, 0.15) is 56.0 Å². The Morgan fingerprint density at radius 3 is 2.70 bits per heavy atom. The van der Waals surface area contributed by atoms with Crippen molar-refractivity contribution in [3.8, 4) is 5.75 Å². The van der Waals surface area contributed by atoms with Gasteiger partial charge in [-0.1, -0.05) is 23.4 Å². The van der Waals surface area contributed by atoms with E-state index in [4.69, 9.17) is 16.3 Å². The van der Waals surface area contributed by atoms with E-state index >= 15 is 0 Å². The van der Waals surface area contributed by atoms with Gasteiger partial charge in [0.15, 0.2) is 5.16 Å². The first kappa shape index (κ1) is 18.6. The van der Waals surface area contributed by atoms with Crippen molar-refractivity contribution in [3.05, 3.63) is 28.5 Å². The van der Waals surface area contributed by atoms with Crippen LogP contribution in [-0.2, 0) is 4.79 Å². The molecule has 1 atom stereocenters. The number of aryl methyl sites for hydroxylation is 1. The number of nitrogens with zero attached hydrogens (tertiary/aromatic N) is 3. The number of nitrogens with one attached hydrogen (secondary N) is 1. The molecule has 6 nitrogen and oxygen atoms in total. The summed E-state index contributed by atoms with van der Waals surface area (Å²) in [4.78, 5) is 12.8. The van der Waals surface area contributed by atoms with Crippen molar-refractivity contribution in [2.75, 3.05) is 12.4 Å². The van der Waals surface area contributed by atoms with Crippen LogP contribution < -0.4 is 10.1 Å². The Morgan fingerprint density at radius 1 is 1.33 bits per heavy atom. The maximum absolute atomic E-state index is 12.8. The summed E-state index contributed by atoms with van der Waals surface area (Å²) in [5.74, 6) is 2.10. The van der Waals surface area contributed by atoms with Gasteiger partial charge in [0, 0.05) is 23.0 Å². The summed E-state index contributed by atoms with van der Waals surface area (Å²) in [6, 6.07) is 4.05. The quantitative estimate of drug-likeness (QED) is 0.681. The van der Waals surface area contributed by atoms with Gasteiger partial charge in [0.2, 0.25) is 5.91 Å². The molecule has 0 unspecified atom stereocenters. The van der Waals surface area contributed by atoms with Crippen molar-refractivity contribution >= 4 is 35.0 Å². The Bertz CT molecular complexity index is 877. The van der Waals surface area contributed by atoms with Gasteiger partial charge in [0.25, 0.3) is 0 Å². The first-order valence-electron chi connectivity index (χ1n) is 9.24. The van der Waals surface area contributed by atoms with E-state index in [1.54, 1.807) is 13.2 Å². The van der Waals surface area contributed by atoms with Crippen molar-refractivity contribution in [1.82, 2.24) is 14.8 Å². The molecule has 0 bridgehead atoms. The van der Waals surface area contributed by atoms with Crippen molar-refractivity contribution in [3.63, 3.8) is 0 Å². The molecule has 0 spiro atoms. The van der Waals surface area contributed by atoms with E-state index in [9.17, 15) is 4.79 Å². The molecule has 1 aromatic carbocycles. The second-order valence-corrected chi connectivity index (χ2v) is 8.98. The van der Waals surface area contributed by atoms with Crippen LogP contribution >= 0.6 is 23.4 Å². The highest BCUT2D eigenvalue weighted by Crippen LogP contribution is 2.46. The van der Waals surface area contributed by atoms with Crippen molar-refractivity contribution < 1.29 is 9.53 Å². The molecule has 1 amide bonds. The van der Waals surface area contributed by atoms with E-state index in [1.807, 2.05) is 19.9 Å². The van der Waals surface area contributed by atoms with Crippen molar-refractivity contribution in [2.24, 2.45) is 0 Å². The minimum Gasteiger partial charge on any atom is -0.495 e. The lowest BCUT2D eigenvalue weighted by Crippen LogP contribution is -2.23. The number of benzene rings is 1. The molecule has 2 fully saturated rings. The standard InChI is InChI=1S/C19H23ClN4O2S/c1-10-8-15(16(26-3)9-14(10)20)21-18(25)11(2)27-19-23-22-17(12-4-5-12)24(19)13-6-7-13/h8-9,11-13H,4-7H2,1-3H3,(H,21,25)/t11-/m1/s1. The minimum absolute atomic E-state index is 0.0988. The zero-order valence-electron chi connectivity index (χ0n) is 15.7. The highest BCUT2D eigenvalue weighted by molar-refractivity contribution is 8.00. The zero-order valence-corrected chi connectivity index (χ0v) is 17.2. The first-order valence-corrected chi connectivity index (χ1v) is 10.5. The van der Waals surface area contributed by atoms with Crippen molar-refractivity contribution in [1.29, 1.82) is 0 Å². The molecule has 0 radical (unpaired) electrons. The molecule has 27 heavy (non-hydrogen) atoms. The normalized spacial score (nSPS) is 17.6. The summed E-state index contributed by atoms with van der Waals surface area (Å²) in [6.45, 7) is 3.78. The molecule has 1 N–H and O–H groups in total. The van der Waals surface area contributed by atoms with Gasteiger partial charge < -0.3 is 14.6 Å². The SMILES string of the molecule is COc1cc(Cl)c(C)cc1NC(=O)[C@@H](C)Sc1nnc(C2CC2)n1C1CC1. The van der Waals surface area contributed by atoms with E-state index in [0.717, 1.165) is 16.5 Å². The molecule has 1 aromatic heterocycles. The van der Waals surface area contributed by atoms with Crippen LogP contribution in [0.4, 0.5) is 5.69 Å². The number of aromatic nitrogens is 3. The topological polar surface area (TPSA) is 69.0 Å². The Hall–Kier alpha value is -1.73. The van der Waals surface area contributed by atoms with E-state index in [1.165, 1.54) is 37.4 Å². The highest BCUT2D eigenvalue weighted by Gasteiger charge is 2.37. The number of halogens is 1. The summed E-state index contributed by atoms with van der Waals surface area (Å²) >= 11 is 7.61. The Balaban J connectivity index is 1.48. The fourth-order valence-electron chi connectivity index (χ4n) is 3.04. The molecule has 0 aliphatic heterocycles. The monoisotopic (exact) mass is 406 g/mol. The fourth-order valence-corrected chi connectivity index (χ4v) is 4.12. The minimum atomic E-state index is -0.306. The number of thioether (sulfide) groups is 1. The van der Waals surface area contributed by atoms with Crippen LogP contribution in [0.5, 0.6) is 5.75 Å². The number of anilines is 1. The summed E-state index contributed by atoms with van der Waals surface area (Å²) in [5, 5.41) is 12.9. The molecule has 8 heteroatoms. The number of amides is 1. The lowest BCUT2D eigenvalue weighted by atomic mass is 10.2. The maximum atomic E-state index is 12.8. The lowest BCUT2D eigenvalue weighted by molar-refractivity contribution is -0.115. The Morgan fingerprint density at radius 2 is 2.07 bits per heavy atom. The highest BCUT2D eigenvalue weighted by atomic mass is 35.5. The predicted molar refractivity (Wildman–Crippen MR) is 107 cm³/mol. The number of carbonyl (C=O) groups is 1. The molecule has 144 valence electrons. The summed E-state index contributed by atoms with van der Waals surface area (Å²) in [5.41, 5.74) is 1.51. The number of ether oxygens (including phenoxy) is 1. The number of hydrogen-bond donors (Lipinski definition) is 1. The fraction of sp³-hybridized carbons (Fsp3) is 0.526. The van der Waals surface area contributed by atoms with Crippen LogP contribution in [0.15, 0.2) is 17.3 Å². The molecule has 0 saturated heterocycles. The molecule has 4 rings (SSSR count). The van der Waals surface area contributed by atoms with Gasteiger partial charge >= 0.3 is 0 Å².